The second-order valence-electron chi connectivity index (χ2n) is 7.45. The minimum absolute atomic E-state index is 0.225. The van der Waals surface area contributed by atoms with Crippen LogP contribution in [0.15, 0.2) is 48.8 Å². The predicted molar refractivity (Wildman–Crippen MR) is 117 cm³/mol. The third-order valence-corrected chi connectivity index (χ3v) is 5.53. The Hall–Kier alpha value is -3.75. The number of nitrogens with one attached hydrogen (secondary N) is 1. The average Bonchev–Trinajstić information content (AvgIpc) is 3.27. The summed E-state index contributed by atoms with van der Waals surface area (Å²) in [6.07, 6.45) is 1.53. The van der Waals surface area contributed by atoms with Crippen molar-refractivity contribution in [3.05, 3.63) is 60.2 Å². The summed E-state index contributed by atoms with van der Waals surface area (Å²) in [6, 6.07) is 12.4. The van der Waals surface area contributed by atoms with Crippen LogP contribution in [-0.2, 0) is 6.54 Å². The van der Waals surface area contributed by atoms with E-state index in [-0.39, 0.29) is 12.6 Å². The standard InChI is InChI=1S/C22H23FN6O2/c23-16-2-4-17(5-3-16)28-7-9-29(10-8-28)22-20(24)21(26-13-27-22)25-12-15-1-6-18-19(11-15)31-14-30-18/h1-6,11,13H,7-10,12,14,24H2,(H,25,26,27). The molecule has 2 aromatic carbocycles. The van der Waals surface area contributed by atoms with Gasteiger partial charge in [0.25, 0.3) is 0 Å². The van der Waals surface area contributed by atoms with Gasteiger partial charge in [0.15, 0.2) is 23.1 Å². The van der Waals surface area contributed by atoms with Gasteiger partial charge in [-0.3, -0.25) is 0 Å². The lowest BCUT2D eigenvalue weighted by molar-refractivity contribution is 0.174. The Bertz CT molecular complexity index is 1070. The Kier molecular flexibility index (Phi) is 5.07. The lowest BCUT2D eigenvalue weighted by Crippen LogP contribution is -2.47. The third kappa shape index (κ3) is 3.98. The van der Waals surface area contributed by atoms with Crippen molar-refractivity contribution in [2.75, 3.05) is 53.8 Å². The van der Waals surface area contributed by atoms with Crippen molar-refractivity contribution < 1.29 is 13.9 Å². The van der Waals surface area contributed by atoms with Gasteiger partial charge in [0.1, 0.15) is 17.8 Å². The molecule has 1 saturated heterocycles. The second kappa shape index (κ2) is 8.17. The molecule has 8 nitrogen and oxygen atoms in total. The number of rotatable bonds is 5. The van der Waals surface area contributed by atoms with Crippen LogP contribution in [0.2, 0.25) is 0 Å². The maximum atomic E-state index is 13.2. The Morgan fingerprint density at radius 3 is 2.48 bits per heavy atom. The van der Waals surface area contributed by atoms with Crippen LogP contribution >= 0.6 is 0 Å². The van der Waals surface area contributed by atoms with Gasteiger partial charge in [-0.1, -0.05) is 6.07 Å². The molecule has 2 aliphatic heterocycles. The van der Waals surface area contributed by atoms with Gasteiger partial charge in [0.05, 0.1) is 0 Å². The maximum Gasteiger partial charge on any atom is 0.231 e. The van der Waals surface area contributed by atoms with Gasteiger partial charge in [-0.15, -0.1) is 0 Å². The molecule has 9 heteroatoms. The van der Waals surface area contributed by atoms with Gasteiger partial charge in [0, 0.05) is 38.4 Å². The van der Waals surface area contributed by atoms with E-state index in [0.717, 1.165) is 54.7 Å². The van der Waals surface area contributed by atoms with E-state index >= 15 is 0 Å². The van der Waals surface area contributed by atoms with Crippen molar-refractivity contribution in [3.63, 3.8) is 0 Å². The summed E-state index contributed by atoms with van der Waals surface area (Å²) in [4.78, 5) is 13.1. The molecule has 0 amide bonds. The highest BCUT2D eigenvalue weighted by atomic mass is 19.1. The molecule has 0 spiro atoms. The number of fused-ring (bicyclic) bond motifs is 1. The molecular formula is C22H23FN6O2. The van der Waals surface area contributed by atoms with E-state index in [4.69, 9.17) is 15.2 Å². The van der Waals surface area contributed by atoms with E-state index < -0.39 is 0 Å². The molecule has 2 aliphatic rings. The summed E-state index contributed by atoms with van der Waals surface area (Å²) in [7, 11) is 0. The monoisotopic (exact) mass is 422 g/mol. The van der Waals surface area contributed by atoms with E-state index in [1.54, 1.807) is 0 Å². The van der Waals surface area contributed by atoms with Crippen LogP contribution in [0.1, 0.15) is 5.56 Å². The smallest absolute Gasteiger partial charge is 0.231 e. The van der Waals surface area contributed by atoms with Gasteiger partial charge < -0.3 is 30.3 Å². The largest absolute Gasteiger partial charge is 0.454 e. The number of halogens is 1. The minimum Gasteiger partial charge on any atom is -0.454 e. The van der Waals surface area contributed by atoms with E-state index in [2.05, 4.69) is 25.1 Å². The molecule has 1 aromatic heterocycles. The molecule has 0 radical (unpaired) electrons. The molecule has 5 rings (SSSR count). The van der Waals surface area contributed by atoms with Crippen LogP contribution in [0, 0.1) is 5.82 Å². The van der Waals surface area contributed by atoms with Crippen LogP contribution in [-0.4, -0.2) is 42.9 Å². The molecule has 160 valence electrons. The number of nitrogens with zero attached hydrogens (tertiary/aromatic N) is 4. The quantitative estimate of drug-likeness (QED) is 0.649. The van der Waals surface area contributed by atoms with Crippen LogP contribution in [0.5, 0.6) is 11.5 Å². The Morgan fingerprint density at radius 1 is 0.935 bits per heavy atom. The third-order valence-electron chi connectivity index (χ3n) is 5.53. The fourth-order valence-corrected chi connectivity index (χ4v) is 3.84. The number of piperazine rings is 1. The molecule has 0 atom stereocenters. The SMILES string of the molecule is Nc1c(NCc2ccc3c(c2)OCO3)ncnc1N1CCN(c2ccc(F)cc2)CC1. The number of hydrogen-bond acceptors (Lipinski definition) is 8. The lowest BCUT2D eigenvalue weighted by atomic mass is 10.2. The topological polar surface area (TPSA) is 88.8 Å². The second-order valence-corrected chi connectivity index (χ2v) is 7.45. The maximum absolute atomic E-state index is 13.2. The number of ether oxygens (including phenoxy) is 2. The molecule has 1 fully saturated rings. The minimum atomic E-state index is -0.225. The average molecular weight is 422 g/mol. The summed E-state index contributed by atoms with van der Waals surface area (Å²) in [5.74, 6) is 2.60. The highest BCUT2D eigenvalue weighted by Gasteiger charge is 2.22. The van der Waals surface area contributed by atoms with Gasteiger partial charge in [-0.25, -0.2) is 14.4 Å². The fraction of sp³-hybridized carbons (Fsp3) is 0.273. The zero-order valence-corrected chi connectivity index (χ0v) is 16.9. The van der Waals surface area contributed by atoms with Crippen LogP contribution in [0.25, 0.3) is 0 Å². The normalized spacial score (nSPS) is 15.3. The van der Waals surface area contributed by atoms with Crippen molar-refractivity contribution in [2.45, 2.75) is 6.54 Å². The molecule has 3 heterocycles. The lowest BCUT2D eigenvalue weighted by Gasteiger charge is -2.37. The van der Waals surface area contributed by atoms with Gasteiger partial charge in [-0.2, -0.15) is 0 Å². The number of aromatic nitrogens is 2. The van der Waals surface area contributed by atoms with E-state index in [0.29, 0.717) is 18.1 Å². The molecule has 3 aromatic rings. The molecule has 0 bridgehead atoms. The van der Waals surface area contributed by atoms with Gasteiger partial charge in [0.2, 0.25) is 6.79 Å². The number of anilines is 4. The highest BCUT2D eigenvalue weighted by molar-refractivity contribution is 5.75. The number of benzene rings is 2. The van der Waals surface area contributed by atoms with E-state index in [9.17, 15) is 4.39 Å². The summed E-state index contributed by atoms with van der Waals surface area (Å²) >= 11 is 0. The number of nitrogen functional groups attached to an aromatic ring is 1. The van der Waals surface area contributed by atoms with E-state index in [1.807, 2.05) is 30.3 Å². The van der Waals surface area contributed by atoms with Gasteiger partial charge in [-0.05, 0) is 42.0 Å². The fourth-order valence-electron chi connectivity index (χ4n) is 3.84. The van der Waals surface area contributed by atoms with Crippen LogP contribution in [0.4, 0.5) is 27.4 Å². The van der Waals surface area contributed by atoms with Crippen LogP contribution in [0.3, 0.4) is 0 Å². The van der Waals surface area contributed by atoms with Crippen LogP contribution < -0.4 is 30.3 Å². The first-order chi connectivity index (χ1) is 15.2. The number of nitrogens with two attached hydrogens (primary N) is 1. The van der Waals surface area contributed by atoms with Crippen molar-refractivity contribution in [2.24, 2.45) is 0 Å². The molecule has 31 heavy (non-hydrogen) atoms. The Morgan fingerprint density at radius 2 is 1.68 bits per heavy atom. The summed E-state index contributed by atoms with van der Waals surface area (Å²) in [5, 5.41) is 3.29. The first-order valence-corrected chi connectivity index (χ1v) is 10.2. The first-order valence-electron chi connectivity index (χ1n) is 10.2. The molecule has 0 unspecified atom stereocenters. The van der Waals surface area contributed by atoms with Gasteiger partial charge >= 0.3 is 0 Å². The zero-order chi connectivity index (χ0) is 21.2. The summed E-state index contributed by atoms with van der Waals surface area (Å²) < 4.78 is 24.0. The first kappa shape index (κ1) is 19.2. The summed E-state index contributed by atoms with van der Waals surface area (Å²) in [5.41, 5.74) is 8.98. The Labute approximate surface area is 179 Å². The summed E-state index contributed by atoms with van der Waals surface area (Å²) in [6.45, 7) is 3.93. The zero-order valence-electron chi connectivity index (χ0n) is 16.9. The highest BCUT2D eigenvalue weighted by Crippen LogP contribution is 2.33. The molecule has 0 saturated carbocycles. The van der Waals surface area contributed by atoms with Crippen molar-refractivity contribution >= 4 is 23.0 Å². The molecular weight excluding hydrogens is 399 g/mol. The molecule has 0 aliphatic carbocycles. The van der Waals surface area contributed by atoms with Crippen molar-refractivity contribution in [3.8, 4) is 11.5 Å². The number of hydrogen-bond donors (Lipinski definition) is 2. The Balaban J connectivity index is 1.24. The van der Waals surface area contributed by atoms with E-state index in [1.165, 1.54) is 18.5 Å². The molecule has 3 N–H and O–H groups in total. The van der Waals surface area contributed by atoms with Crippen molar-refractivity contribution in [1.29, 1.82) is 0 Å². The van der Waals surface area contributed by atoms with Crippen molar-refractivity contribution in [1.82, 2.24) is 9.97 Å². The predicted octanol–water partition coefficient (Wildman–Crippen LogP) is 2.87.